The molecule has 0 N–H and O–H groups in total. The fourth-order valence-electron chi connectivity index (χ4n) is 7.27. The third-order valence-corrected chi connectivity index (χ3v) is 9.86. The number of furan rings is 1. The number of hydrogen-bond acceptors (Lipinski definition) is 4. The molecule has 248 valence electrons. The Bertz CT molecular complexity index is 2860. The standard InChI is InChI=1S/C49H31N3O/c1-5-15-32(16-6-1)38-25-39(33-17-7-2-8-18-33)27-40(26-38)48-50-47(35-21-11-4-12-22-35)51-49(52-48)41-29-42(34-19-9-3-10-20-34)46-43-28-36-23-13-14-24-37(36)30-44(43)53-45(46)31-41/h1-31H. The lowest BCUT2D eigenvalue weighted by Gasteiger charge is -2.13. The molecule has 0 aliphatic carbocycles. The predicted octanol–water partition coefficient (Wildman–Crippen LogP) is 12.9. The van der Waals surface area contributed by atoms with Gasteiger partial charge in [0.15, 0.2) is 17.5 Å². The molecule has 2 heterocycles. The summed E-state index contributed by atoms with van der Waals surface area (Å²) < 4.78 is 6.67. The fraction of sp³-hybridized carbons (Fsp3) is 0. The highest BCUT2D eigenvalue weighted by Gasteiger charge is 2.20. The van der Waals surface area contributed by atoms with Crippen molar-refractivity contribution in [2.45, 2.75) is 0 Å². The van der Waals surface area contributed by atoms with E-state index in [0.717, 1.165) is 77.4 Å². The Morgan fingerprint density at radius 2 is 0.736 bits per heavy atom. The first kappa shape index (κ1) is 30.6. The van der Waals surface area contributed by atoms with E-state index in [4.69, 9.17) is 19.4 Å². The molecule has 4 heteroatoms. The summed E-state index contributed by atoms with van der Waals surface area (Å²) in [5, 5.41) is 4.47. The number of aromatic nitrogens is 3. The molecule has 0 fully saturated rings. The molecular formula is C49H31N3O. The van der Waals surface area contributed by atoms with Gasteiger partial charge in [-0.1, -0.05) is 146 Å². The number of rotatable bonds is 6. The van der Waals surface area contributed by atoms with Gasteiger partial charge >= 0.3 is 0 Å². The predicted molar refractivity (Wildman–Crippen MR) is 217 cm³/mol. The molecule has 0 saturated heterocycles. The maximum Gasteiger partial charge on any atom is 0.164 e. The van der Waals surface area contributed by atoms with Crippen molar-refractivity contribution >= 4 is 32.7 Å². The molecule has 0 atom stereocenters. The first-order valence-electron chi connectivity index (χ1n) is 17.8. The van der Waals surface area contributed by atoms with Crippen molar-refractivity contribution < 1.29 is 4.42 Å². The minimum absolute atomic E-state index is 0.574. The first-order valence-corrected chi connectivity index (χ1v) is 17.8. The van der Waals surface area contributed by atoms with Crippen LogP contribution in [-0.2, 0) is 0 Å². The second kappa shape index (κ2) is 12.9. The molecule has 0 saturated carbocycles. The average Bonchev–Trinajstić information content (AvgIpc) is 3.60. The Morgan fingerprint density at radius 1 is 0.302 bits per heavy atom. The summed E-state index contributed by atoms with van der Waals surface area (Å²) in [6.07, 6.45) is 0. The summed E-state index contributed by atoms with van der Waals surface area (Å²) in [5.74, 6) is 1.78. The Kier molecular flexibility index (Phi) is 7.43. The molecule has 0 amide bonds. The molecule has 0 spiro atoms. The van der Waals surface area contributed by atoms with Crippen LogP contribution in [0.1, 0.15) is 0 Å². The van der Waals surface area contributed by atoms with Crippen molar-refractivity contribution in [3.05, 3.63) is 188 Å². The molecule has 10 rings (SSSR count). The Morgan fingerprint density at radius 3 is 1.30 bits per heavy atom. The van der Waals surface area contributed by atoms with Crippen molar-refractivity contribution in [1.82, 2.24) is 15.0 Å². The first-order chi connectivity index (χ1) is 26.2. The van der Waals surface area contributed by atoms with E-state index < -0.39 is 0 Å². The van der Waals surface area contributed by atoms with Crippen LogP contribution < -0.4 is 0 Å². The van der Waals surface area contributed by atoms with Crippen LogP contribution in [0.25, 0.3) is 100 Å². The van der Waals surface area contributed by atoms with Crippen LogP contribution >= 0.6 is 0 Å². The Balaban J connectivity index is 1.23. The largest absolute Gasteiger partial charge is 0.456 e. The Labute approximate surface area is 306 Å². The fourth-order valence-corrected chi connectivity index (χ4v) is 7.27. The maximum atomic E-state index is 6.67. The van der Waals surface area contributed by atoms with Crippen LogP contribution in [0.4, 0.5) is 0 Å². The van der Waals surface area contributed by atoms with E-state index in [1.165, 1.54) is 5.39 Å². The van der Waals surface area contributed by atoms with Gasteiger partial charge in [-0.15, -0.1) is 0 Å². The molecule has 4 nitrogen and oxygen atoms in total. The van der Waals surface area contributed by atoms with Crippen molar-refractivity contribution in [3.63, 3.8) is 0 Å². The van der Waals surface area contributed by atoms with Crippen LogP contribution in [0.5, 0.6) is 0 Å². The van der Waals surface area contributed by atoms with Crippen LogP contribution in [0.3, 0.4) is 0 Å². The van der Waals surface area contributed by atoms with Crippen molar-refractivity contribution in [2.24, 2.45) is 0 Å². The zero-order valence-electron chi connectivity index (χ0n) is 28.6. The molecular weight excluding hydrogens is 647 g/mol. The van der Waals surface area contributed by atoms with Crippen LogP contribution in [0.15, 0.2) is 192 Å². The van der Waals surface area contributed by atoms with Crippen molar-refractivity contribution in [3.8, 4) is 67.5 Å². The van der Waals surface area contributed by atoms with Gasteiger partial charge in [0.25, 0.3) is 0 Å². The molecule has 0 radical (unpaired) electrons. The van der Waals surface area contributed by atoms with Crippen molar-refractivity contribution in [2.75, 3.05) is 0 Å². The van der Waals surface area contributed by atoms with E-state index >= 15 is 0 Å². The van der Waals surface area contributed by atoms with Gasteiger partial charge < -0.3 is 4.42 Å². The third-order valence-electron chi connectivity index (χ3n) is 9.86. The van der Waals surface area contributed by atoms with E-state index in [9.17, 15) is 0 Å². The van der Waals surface area contributed by atoms with Crippen LogP contribution in [0, 0.1) is 0 Å². The van der Waals surface area contributed by atoms with E-state index in [2.05, 4.69) is 140 Å². The molecule has 0 unspecified atom stereocenters. The smallest absolute Gasteiger partial charge is 0.164 e. The van der Waals surface area contributed by atoms with E-state index in [0.29, 0.717) is 17.5 Å². The molecule has 2 aromatic heterocycles. The number of nitrogens with zero attached hydrogens (tertiary/aromatic N) is 3. The molecule has 0 aliphatic heterocycles. The van der Waals surface area contributed by atoms with Gasteiger partial charge in [-0.2, -0.15) is 0 Å². The van der Waals surface area contributed by atoms with E-state index in [-0.39, 0.29) is 0 Å². The highest BCUT2D eigenvalue weighted by atomic mass is 16.3. The van der Waals surface area contributed by atoms with E-state index in [1.54, 1.807) is 0 Å². The summed E-state index contributed by atoms with van der Waals surface area (Å²) in [7, 11) is 0. The third kappa shape index (κ3) is 5.73. The molecule has 0 aliphatic rings. The highest BCUT2D eigenvalue weighted by Crippen LogP contribution is 2.41. The topological polar surface area (TPSA) is 51.8 Å². The van der Waals surface area contributed by atoms with Crippen LogP contribution in [-0.4, -0.2) is 15.0 Å². The summed E-state index contributed by atoms with van der Waals surface area (Å²) in [5.41, 5.74) is 10.9. The summed E-state index contributed by atoms with van der Waals surface area (Å²) in [4.78, 5) is 15.5. The number of benzene rings is 8. The lowest BCUT2D eigenvalue weighted by atomic mass is 9.95. The lowest BCUT2D eigenvalue weighted by Crippen LogP contribution is -2.01. The molecule has 10 aromatic rings. The van der Waals surface area contributed by atoms with Gasteiger partial charge in [-0.3, -0.25) is 0 Å². The second-order valence-electron chi connectivity index (χ2n) is 13.3. The second-order valence-corrected chi connectivity index (χ2v) is 13.3. The summed E-state index contributed by atoms with van der Waals surface area (Å²) in [6.45, 7) is 0. The molecule has 0 bridgehead atoms. The number of fused-ring (bicyclic) bond motifs is 4. The van der Waals surface area contributed by atoms with E-state index in [1.807, 2.05) is 48.5 Å². The lowest BCUT2D eigenvalue weighted by molar-refractivity contribution is 0.669. The zero-order valence-corrected chi connectivity index (χ0v) is 28.6. The van der Waals surface area contributed by atoms with Crippen LogP contribution in [0.2, 0.25) is 0 Å². The number of hydrogen-bond donors (Lipinski definition) is 0. The minimum Gasteiger partial charge on any atom is -0.456 e. The zero-order chi connectivity index (χ0) is 35.1. The highest BCUT2D eigenvalue weighted by molar-refractivity contribution is 6.16. The normalized spacial score (nSPS) is 11.4. The monoisotopic (exact) mass is 677 g/mol. The molecule has 53 heavy (non-hydrogen) atoms. The van der Waals surface area contributed by atoms with Crippen molar-refractivity contribution in [1.29, 1.82) is 0 Å². The maximum absolute atomic E-state index is 6.67. The summed E-state index contributed by atoms with van der Waals surface area (Å²) in [6, 6.07) is 65.2. The quantitative estimate of drug-likeness (QED) is 0.176. The van der Waals surface area contributed by atoms with Gasteiger partial charge in [0.1, 0.15) is 11.2 Å². The minimum atomic E-state index is 0.574. The van der Waals surface area contributed by atoms with Gasteiger partial charge in [0.2, 0.25) is 0 Å². The Hall–Kier alpha value is -7.17. The van der Waals surface area contributed by atoms with Gasteiger partial charge in [0.05, 0.1) is 0 Å². The SMILES string of the molecule is c1ccc(-c2cc(-c3ccccc3)cc(-c3nc(-c4ccccc4)nc(-c4cc(-c5ccccc5)c5c(c4)oc4cc6ccccc6cc45)n3)c2)cc1. The molecule has 8 aromatic carbocycles. The average molecular weight is 678 g/mol. The summed E-state index contributed by atoms with van der Waals surface area (Å²) >= 11 is 0. The van der Waals surface area contributed by atoms with Gasteiger partial charge in [-0.05, 0) is 86.6 Å². The van der Waals surface area contributed by atoms with Gasteiger partial charge in [0, 0.05) is 27.5 Å². The van der Waals surface area contributed by atoms with Gasteiger partial charge in [-0.25, -0.2) is 15.0 Å².